The minimum Gasteiger partial charge on any atom is -0.471 e. The summed E-state index contributed by atoms with van der Waals surface area (Å²) in [5.74, 6) is 7.15. The third-order valence-corrected chi connectivity index (χ3v) is 22.9. The molecule has 718 valence electrons. The number of benzene rings is 4. The van der Waals surface area contributed by atoms with E-state index in [1.807, 2.05) is 155 Å². The first-order valence-corrected chi connectivity index (χ1v) is 44.2. The summed E-state index contributed by atoms with van der Waals surface area (Å²) in [7, 11) is 3.55. The van der Waals surface area contributed by atoms with Crippen molar-refractivity contribution in [1.29, 1.82) is 0 Å². The third kappa shape index (κ3) is 19.3. The maximum absolute atomic E-state index is 9.96. The average Bonchev–Trinajstić information content (AvgIpc) is 1.60. The second-order valence-electron chi connectivity index (χ2n) is 32.7. The van der Waals surface area contributed by atoms with Crippen molar-refractivity contribution in [2.75, 3.05) is 13.2 Å². The lowest BCUT2D eigenvalue weighted by Gasteiger charge is -2.21. The van der Waals surface area contributed by atoms with Gasteiger partial charge in [-0.1, -0.05) is 148 Å². The van der Waals surface area contributed by atoms with Gasteiger partial charge in [0.05, 0.1) is 53.5 Å². The van der Waals surface area contributed by atoms with E-state index >= 15 is 0 Å². The summed E-state index contributed by atoms with van der Waals surface area (Å²) in [6.07, 6.45) is 11.2. The monoisotopic (exact) mass is 1980 g/mol. The zero-order valence-corrected chi connectivity index (χ0v) is 77.8. The molecule has 0 amide bonds. The van der Waals surface area contributed by atoms with Gasteiger partial charge in [-0.3, -0.25) is 19.3 Å². The standard InChI is InChI=1S/C20H14BrN5O3.2C19H14N6O3.C17H20N8O4.C17H20N8O3/c21-16-8-4-1-5-12(16)11-28-20-15-7-3-2-6-14(15)18-22-23-19(26(18)24-20)17-9-13(10-27)29-25-17;26-10-13-9-16(24-28-13)18-22-21-17-14-6-1-2-7-15(14)19(23-25(17)18)27-11-12-5-3-4-8-20-12;26-10-13-9-16(24-28-13)18-22-21-17-14-3-1-2-4-15(14)19(23-25(17)18)27-11-12-5-7-20-8-6-12;1-17(2,8-27)14-12-5-19-21-15(11-4-10(6-26)29-23-11)25(12)22-16(14)28-7-13-18-9-20-24(13)3;1-10-5-11(23-28-10)15-21-19-6-12-14(17(2,3)8-26)16(22-25(12)15)27-7-13-18-9-20-24(13)4/h1-9,27H,10-11H2;2*1-9,26H,10-11H2;4-5,9,26-27H,6-8H2,1-3H3;5-6,9,26H,7-8H2,1-4H3. The normalized spacial score (nSPS) is 11.6. The molecule has 0 bridgehead atoms. The molecule has 0 unspecified atom stereocenters. The molecule has 0 spiro atoms. The van der Waals surface area contributed by atoms with Crippen molar-refractivity contribution in [2.24, 2.45) is 14.1 Å². The van der Waals surface area contributed by atoms with Gasteiger partial charge in [-0.15, -0.1) is 66.3 Å². The first-order chi connectivity index (χ1) is 69.2. The second-order valence-corrected chi connectivity index (χ2v) is 33.5. The molecule has 49 nitrogen and oxygen atoms in total. The van der Waals surface area contributed by atoms with Crippen LogP contribution in [0.4, 0.5) is 0 Å². The van der Waals surface area contributed by atoms with Crippen molar-refractivity contribution in [3.05, 3.63) is 274 Å². The fraction of sp³-hybridized carbons (Fsp3) is 0.217. The maximum Gasteiger partial charge on any atom is 0.240 e. The summed E-state index contributed by atoms with van der Waals surface area (Å²) in [6.45, 7) is 9.36. The number of ether oxygens (including phenoxy) is 5. The van der Waals surface area contributed by atoms with E-state index in [0.29, 0.717) is 180 Å². The molecule has 0 saturated heterocycles. The Bertz CT molecular complexity index is 8170. The molecule has 0 saturated carbocycles. The summed E-state index contributed by atoms with van der Waals surface area (Å²) >= 11 is 3.54. The number of halogens is 1. The zero-order valence-electron chi connectivity index (χ0n) is 76.2. The molecule has 23 rings (SSSR count). The zero-order chi connectivity index (χ0) is 98.1. The van der Waals surface area contributed by atoms with Crippen LogP contribution in [0.1, 0.15) is 96.1 Å². The van der Waals surface area contributed by atoms with E-state index in [1.165, 1.54) is 17.2 Å². The molecule has 19 aromatic heterocycles. The van der Waals surface area contributed by atoms with Crippen LogP contribution >= 0.6 is 15.9 Å². The van der Waals surface area contributed by atoms with Crippen molar-refractivity contribution < 1.29 is 76.9 Å². The largest absolute Gasteiger partial charge is 0.471 e. The van der Waals surface area contributed by atoms with E-state index in [0.717, 1.165) is 53.6 Å². The lowest BCUT2D eigenvalue weighted by Crippen LogP contribution is -2.23. The number of aliphatic hydroxyl groups is 6. The van der Waals surface area contributed by atoms with Crippen LogP contribution < -0.4 is 23.7 Å². The van der Waals surface area contributed by atoms with Crippen molar-refractivity contribution in [2.45, 2.75) is 105 Å². The molecule has 50 heteroatoms. The first-order valence-electron chi connectivity index (χ1n) is 43.4. The van der Waals surface area contributed by atoms with Crippen LogP contribution in [-0.2, 0) is 84.4 Å². The SMILES string of the molecule is Cc1cc(-c2nncc3c(C(C)(C)CO)c(OCc4ncnn4C)nn23)no1.Cn1ncnc1COc1nn2c(-c3cc(CO)on3)nncc2c1C(C)(C)CO.OCc1cc(-c2nnc3c4ccccc4c(OCc4ccccc4Br)nn23)no1.OCc1cc(-c2nnc3c4ccccc4c(OCc4ccccn4)nn23)no1.OCc1cc(-c2nnc3c4ccccc4c(OCc4ccncc4)nn23)no1. The number of rotatable bonds is 28. The third-order valence-electron chi connectivity index (χ3n) is 22.1. The fourth-order valence-electron chi connectivity index (χ4n) is 14.8. The van der Waals surface area contributed by atoms with Gasteiger partial charge < -0.3 is 76.9 Å². The highest BCUT2D eigenvalue weighted by molar-refractivity contribution is 9.10. The first kappa shape index (κ1) is 93.3. The molecule has 19 heterocycles. The van der Waals surface area contributed by atoms with Gasteiger partial charge in [0.15, 0.2) is 80.1 Å². The van der Waals surface area contributed by atoms with Gasteiger partial charge in [-0.05, 0) is 61.0 Å². The van der Waals surface area contributed by atoms with Crippen molar-refractivity contribution in [3.8, 4) is 87.0 Å². The summed E-state index contributed by atoms with van der Waals surface area (Å²) < 4.78 is 67.4. The molecular weight excluding hydrogens is 1900 g/mol. The summed E-state index contributed by atoms with van der Waals surface area (Å²) in [4.78, 5) is 16.6. The molecule has 142 heavy (non-hydrogen) atoms. The van der Waals surface area contributed by atoms with Crippen LogP contribution in [-0.4, -0.2) is 208 Å². The van der Waals surface area contributed by atoms with E-state index in [9.17, 15) is 30.6 Å². The van der Waals surface area contributed by atoms with Crippen LogP contribution in [0.25, 0.3) is 118 Å². The highest BCUT2D eigenvalue weighted by Crippen LogP contribution is 2.40. The Morgan fingerprint density at radius 1 is 0.359 bits per heavy atom. The van der Waals surface area contributed by atoms with Crippen molar-refractivity contribution >= 4 is 76.2 Å². The quantitative estimate of drug-likeness (QED) is 0.0265. The van der Waals surface area contributed by atoms with E-state index in [-0.39, 0.29) is 59.5 Å². The van der Waals surface area contributed by atoms with Crippen molar-refractivity contribution in [3.63, 3.8) is 0 Å². The molecule has 0 aliphatic carbocycles. The molecule has 6 N–H and O–H groups in total. The molecule has 0 atom stereocenters. The molecule has 0 aliphatic heterocycles. The van der Waals surface area contributed by atoms with Crippen LogP contribution in [0.15, 0.2) is 228 Å². The van der Waals surface area contributed by atoms with Crippen LogP contribution in [0.2, 0.25) is 0 Å². The Morgan fingerprint density at radius 3 is 1.10 bits per heavy atom. The minimum absolute atomic E-state index is 0.102. The van der Waals surface area contributed by atoms with Gasteiger partial charge in [-0.2, -0.15) is 33.9 Å². The highest BCUT2D eigenvalue weighted by Gasteiger charge is 2.35. The average molecular weight is 1990 g/mol. The number of hydrogen-bond donors (Lipinski definition) is 6. The summed E-state index contributed by atoms with van der Waals surface area (Å²) in [6, 6.07) is 48.5. The number of aromatic nitrogens is 33. The predicted octanol–water partition coefficient (Wildman–Crippen LogP) is 9.88. The lowest BCUT2D eigenvalue weighted by molar-refractivity contribution is 0.209. The van der Waals surface area contributed by atoms with Gasteiger partial charge in [0.1, 0.15) is 77.9 Å². The predicted molar refractivity (Wildman–Crippen MR) is 499 cm³/mol. The second kappa shape index (κ2) is 40.9. The minimum atomic E-state index is -0.669. The van der Waals surface area contributed by atoms with E-state index in [1.54, 1.807) is 110 Å². The van der Waals surface area contributed by atoms with Crippen LogP contribution in [0, 0.1) is 6.92 Å². The number of hydrogen-bond acceptors (Lipinski definition) is 42. The Labute approximate surface area is 806 Å². The summed E-state index contributed by atoms with van der Waals surface area (Å²) in [5.41, 5.74) is 8.03. The fourth-order valence-corrected chi connectivity index (χ4v) is 15.2. The number of fused-ring (bicyclic) bond motifs is 11. The van der Waals surface area contributed by atoms with Crippen LogP contribution in [0.3, 0.4) is 0 Å². The van der Waals surface area contributed by atoms with E-state index in [4.69, 9.17) is 46.3 Å². The van der Waals surface area contributed by atoms with Gasteiger partial charge in [0, 0.05) is 116 Å². The maximum atomic E-state index is 9.96. The van der Waals surface area contributed by atoms with E-state index < -0.39 is 10.8 Å². The Kier molecular flexibility index (Phi) is 26.9. The molecule has 0 aliphatic rings. The smallest absolute Gasteiger partial charge is 0.240 e. The van der Waals surface area contributed by atoms with Crippen LogP contribution in [0.5, 0.6) is 29.4 Å². The Morgan fingerprint density at radius 2 is 0.725 bits per heavy atom. The number of pyridine rings is 2. The highest BCUT2D eigenvalue weighted by atomic mass is 79.9. The van der Waals surface area contributed by atoms with Gasteiger partial charge in [-0.25, -0.2) is 19.0 Å². The number of aliphatic hydroxyl groups excluding tert-OH is 6. The summed E-state index contributed by atoms with van der Waals surface area (Å²) in [5, 5.41) is 154. The molecule has 0 fully saturated rings. The molecule has 0 radical (unpaired) electrons. The van der Waals surface area contributed by atoms with Crippen molar-refractivity contribution in [1.82, 2.24) is 164 Å². The number of aryl methyl sites for hydroxylation is 3. The van der Waals surface area contributed by atoms with Gasteiger partial charge in [0.2, 0.25) is 58.5 Å². The van der Waals surface area contributed by atoms with Gasteiger partial charge in [0.25, 0.3) is 0 Å². The molecule has 4 aromatic carbocycles. The lowest BCUT2D eigenvalue weighted by atomic mass is 9.86. The topological polar surface area (TPSA) is 600 Å². The van der Waals surface area contributed by atoms with E-state index in [2.05, 4.69) is 148 Å². The van der Waals surface area contributed by atoms with Gasteiger partial charge >= 0.3 is 0 Å². The molecule has 23 aromatic rings. The number of nitrogens with zero attached hydrogens (tertiary/aromatic N) is 33. The Balaban J connectivity index is 0.000000113. The Hall–Kier alpha value is -17.7. The molecular formula is C92H82BrN33O16.